The molecule has 1 aliphatic rings. The zero-order chi connectivity index (χ0) is 31.3. The van der Waals surface area contributed by atoms with Gasteiger partial charge in [-0.15, -0.1) is 0 Å². The maximum atomic E-state index is 14.1. The highest BCUT2D eigenvalue weighted by Gasteiger charge is 2.60. The van der Waals surface area contributed by atoms with Crippen LogP contribution in [0.2, 0.25) is 0 Å². The standard InChI is InChI=1S/C20H23F5N2O12P2/c1-18(9-37-41(35,36)39-40(32,33)34)14(28)15(29)19(2,38-18)27-8-12(20(23,24)25)16(30)26(17(27)31)6-5-10-3-4-11(21)7-13(10)22/h3-4,7-8,14-15,28-29H,5-6,9H2,1-2H3,(H,35,36)(H2,32,33,34). The number of ether oxygens (including phenoxy) is 1. The van der Waals surface area contributed by atoms with Crippen molar-refractivity contribution in [3.8, 4) is 0 Å². The Hall–Kier alpha value is -2.31. The van der Waals surface area contributed by atoms with Crippen molar-refractivity contribution in [2.45, 2.75) is 56.5 Å². The molecular weight excluding hydrogens is 617 g/mol. The maximum absolute atomic E-state index is 14.1. The van der Waals surface area contributed by atoms with E-state index >= 15 is 0 Å². The van der Waals surface area contributed by atoms with E-state index in [1.54, 1.807) is 0 Å². The minimum Gasteiger partial charge on any atom is -0.387 e. The van der Waals surface area contributed by atoms with Crippen molar-refractivity contribution in [2.75, 3.05) is 6.61 Å². The average molecular weight is 640 g/mol. The Morgan fingerprint density at radius 1 is 1.07 bits per heavy atom. The molecule has 230 valence electrons. The number of phosphoric ester groups is 1. The highest BCUT2D eigenvalue weighted by atomic mass is 31.3. The molecular formula is C20H23F5N2O12P2. The quantitative estimate of drug-likeness (QED) is 0.192. The number of hydrogen-bond donors (Lipinski definition) is 5. The molecule has 3 rings (SSSR count). The fourth-order valence-electron chi connectivity index (χ4n) is 4.16. The number of rotatable bonds is 9. The van der Waals surface area contributed by atoms with Gasteiger partial charge in [-0.05, 0) is 31.9 Å². The summed E-state index contributed by atoms with van der Waals surface area (Å²) in [5, 5.41) is 21.3. The van der Waals surface area contributed by atoms with Gasteiger partial charge in [0.2, 0.25) is 0 Å². The summed E-state index contributed by atoms with van der Waals surface area (Å²) >= 11 is 0. The largest absolute Gasteiger partial charge is 0.481 e. The smallest absolute Gasteiger partial charge is 0.387 e. The Kier molecular flexibility index (Phi) is 8.97. The number of aliphatic hydroxyl groups excluding tert-OH is 2. The molecule has 14 nitrogen and oxygen atoms in total. The molecule has 5 atom stereocenters. The van der Waals surface area contributed by atoms with E-state index in [1.165, 1.54) is 0 Å². The number of halogens is 5. The van der Waals surface area contributed by atoms with Crippen molar-refractivity contribution in [3.05, 3.63) is 68.0 Å². The fourth-order valence-corrected chi connectivity index (χ4v) is 5.85. The Morgan fingerprint density at radius 2 is 1.68 bits per heavy atom. The van der Waals surface area contributed by atoms with Gasteiger partial charge in [-0.25, -0.2) is 22.7 Å². The van der Waals surface area contributed by atoms with Gasteiger partial charge in [0.05, 0.1) is 6.61 Å². The predicted octanol–water partition coefficient (Wildman–Crippen LogP) is 0.959. The summed E-state index contributed by atoms with van der Waals surface area (Å²) < 4.78 is 105. The number of aromatic nitrogens is 2. The monoisotopic (exact) mass is 640 g/mol. The number of alkyl halides is 3. The van der Waals surface area contributed by atoms with Crippen LogP contribution >= 0.6 is 15.6 Å². The van der Waals surface area contributed by atoms with Crippen LogP contribution in [-0.4, -0.2) is 58.4 Å². The summed E-state index contributed by atoms with van der Waals surface area (Å²) in [5.41, 5.74) is -10.5. The van der Waals surface area contributed by atoms with Crippen LogP contribution in [0.15, 0.2) is 34.0 Å². The molecule has 1 aromatic carbocycles. The molecule has 0 spiro atoms. The molecule has 0 saturated carbocycles. The van der Waals surface area contributed by atoms with Crippen LogP contribution in [0.5, 0.6) is 0 Å². The van der Waals surface area contributed by atoms with E-state index in [9.17, 15) is 55.8 Å². The molecule has 0 aliphatic carbocycles. The number of benzene rings is 1. The fraction of sp³-hybridized carbons (Fsp3) is 0.500. The van der Waals surface area contributed by atoms with E-state index in [4.69, 9.17) is 14.5 Å². The van der Waals surface area contributed by atoms with Gasteiger partial charge in [0, 0.05) is 18.8 Å². The lowest BCUT2D eigenvalue weighted by molar-refractivity contribution is -0.175. The molecule has 2 heterocycles. The number of aryl methyl sites for hydroxylation is 1. The molecule has 2 aromatic rings. The van der Waals surface area contributed by atoms with E-state index in [0.717, 1.165) is 26.0 Å². The summed E-state index contributed by atoms with van der Waals surface area (Å²) in [7, 11) is -11.1. The number of hydrogen-bond acceptors (Lipinski definition) is 9. The zero-order valence-electron chi connectivity index (χ0n) is 20.9. The second kappa shape index (κ2) is 11.1. The van der Waals surface area contributed by atoms with Gasteiger partial charge < -0.3 is 29.6 Å². The molecule has 5 N–H and O–H groups in total. The first-order valence-corrected chi connectivity index (χ1v) is 14.2. The molecule has 41 heavy (non-hydrogen) atoms. The summed E-state index contributed by atoms with van der Waals surface area (Å²) in [4.78, 5) is 52.8. The van der Waals surface area contributed by atoms with Crippen LogP contribution in [0.25, 0.3) is 0 Å². The van der Waals surface area contributed by atoms with Crippen LogP contribution in [0.3, 0.4) is 0 Å². The average Bonchev–Trinajstić information content (AvgIpc) is 2.97. The highest BCUT2D eigenvalue weighted by molar-refractivity contribution is 7.60. The van der Waals surface area contributed by atoms with Crippen molar-refractivity contribution >= 4 is 15.6 Å². The lowest BCUT2D eigenvalue weighted by Crippen LogP contribution is -2.53. The lowest BCUT2D eigenvalue weighted by atomic mass is 9.96. The third kappa shape index (κ3) is 7.02. The molecule has 1 fully saturated rings. The molecule has 0 amide bonds. The lowest BCUT2D eigenvalue weighted by Gasteiger charge is -2.33. The Bertz CT molecular complexity index is 1540. The second-order valence-electron chi connectivity index (χ2n) is 9.31. The van der Waals surface area contributed by atoms with E-state index in [1.807, 2.05) is 0 Å². The predicted molar refractivity (Wildman–Crippen MR) is 124 cm³/mol. The van der Waals surface area contributed by atoms with Gasteiger partial charge in [-0.1, -0.05) is 6.07 Å². The van der Waals surface area contributed by atoms with E-state index in [2.05, 4.69) is 8.83 Å². The van der Waals surface area contributed by atoms with Crippen LogP contribution in [0.1, 0.15) is 25.0 Å². The first kappa shape index (κ1) is 33.2. The van der Waals surface area contributed by atoms with Crippen molar-refractivity contribution in [2.24, 2.45) is 0 Å². The third-order valence-electron chi connectivity index (χ3n) is 6.21. The zero-order valence-corrected chi connectivity index (χ0v) is 22.6. The second-order valence-corrected chi connectivity index (χ2v) is 12.1. The summed E-state index contributed by atoms with van der Waals surface area (Å²) in [6.07, 6.45) is -10.4. The Morgan fingerprint density at radius 3 is 2.22 bits per heavy atom. The van der Waals surface area contributed by atoms with Crippen LogP contribution < -0.4 is 11.2 Å². The maximum Gasteiger partial charge on any atom is 0.481 e. The van der Waals surface area contributed by atoms with Crippen molar-refractivity contribution in [1.82, 2.24) is 9.13 Å². The van der Waals surface area contributed by atoms with Gasteiger partial charge in [0.15, 0.2) is 5.72 Å². The summed E-state index contributed by atoms with van der Waals surface area (Å²) in [6, 6.07) is 2.27. The van der Waals surface area contributed by atoms with Gasteiger partial charge >= 0.3 is 27.5 Å². The molecule has 1 saturated heterocycles. The van der Waals surface area contributed by atoms with E-state index in [0.29, 0.717) is 6.07 Å². The normalized spacial score (nSPS) is 26.7. The molecule has 0 bridgehead atoms. The molecule has 0 radical (unpaired) electrons. The van der Waals surface area contributed by atoms with Crippen LogP contribution in [0.4, 0.5) is 22.0 Å². The SMILES string of the molecule is CC1(COP(=O)(O)OP(=O)(O)O)OC(C)(n2cc(C(F)(F)F)c(=O)n(CCc3ccc(F)cc3F)c2=O)C(O)C1O. The molecule has 1 aromatic heterocycles. The number of aliphatic hydroxyl groups is 2. The van der Waals surface area contributed by atoms with Gasteiger partial charge in [-0.3, -0.25) is 18.5 Å². The van der Waals surface area contributed by atoms with Crippen molar-refractivity contribution in [3.63, 3.8) is 0 Å². The van der Waals surface area contributed by atoms with Gasteiger partial charge in [0.25, 0.3) is 5.56 Å². The Balaban J connectivity index is 2.06. The van der Waals surface area contributed by atoms with E-state index < -0.39 is 93.4 Å². The van der Waals surface area contributed by atoms with Crippen molar-refractivity contribution < 1.29 is 69.5 Å². The van der Waals surface area contributed by atoms with E-state index in [-0.39, 0.29) is 20.9 Å². The summed E-state index contributed by atoms with van der Waals surface area (Å²) in [5.74, 6) is -2.06. The molecule has 1 aliphatic heterocycles. The minimum absolute atomic E-state index is 0.00994. The first-order valence-electron chi connectivity index (χ1n) is 11.2. The minimum atomic E-state index is -5.56. The third-order valence-corrected chi connectivity index (χ3v) is 8.34. The summed E-state index contributed by atoms with van der Waals surface area (Å²) in [6.45, 7) is -0.384. The van der Waals surface area contributed by atoms with Crippen LogP contribution in [0, 0.1) is 11.6 Å². The molecule has 5 unspecified atom stereocenters. The topological polar surface area (TPSA) is 207 Å². The van der Waals surface area contributed by atoms with Gasteiger partial charge in [0.1, 0.15) is 35.0 Å². The van der Waals surface area contributed by atoms with Gasteiger partial charge in [-0.2, -0.15) is 17.5 Å². The first-order chi connectivity index (χ1) is 18.5. The van der Waals surface area contributed by atoms with Crippen molar-refractivity contribution in [1.29, 1.82) is 0 Å². The highest BCUT2D eigenvalue weighted by Crippen LogP contribution is 2.58. The molecule has 21 heteroatoms. The number of nitrogens with zero attached hydrogens (tertiary/aromatic N) is 2. The number of phosphoric acid groups is 2. The van der Waals surface area contributed by atoms with Crippen LogP contribution in [-0.2, 0) is 47.6 Å². The Labute approximate surface area is 226 Å².